The maximum absolute atomic E-state index is 12.3. The number of fused-ring (bicyclic) bond motifs is 2. The molecule has 0 aliphatic heterocycles. The minimum Gasteiger partial charge on any atom is -0.497 e. The van der Waals surface area contributed by atoms with Crippen molar-refractivity contribution >= 4 is 61.4 Å². The Kier molecular flexibility index (Phi) is 8.60. The summed E-state index contributed by atoms with van der Waals surface area (Å²) in [6, 6.07) is 11.7. The summed E-state index contributed by atoms with van der Waals surface area (Å²) < 4.78 is 14.3. The highest BCUT2D eigenvalue weighted by Gasteiger charge is 2.19. The Morgan fingerprint density at radius 1 is 1.10 bits per heavy atom. The zero-order valence-corrected chi connectivity index (χ0v) is 25.3. The second-order valence-corrected chi connectivity index (χ2v) is 11.0. The molecule has 0 aliphatic rings. The predicted molar refractivity (Wildman–Crippen MR) is 173 cm³/mol. The molecule has 5 aromatic rings. The lowest BCUT2D eigenvalue weighted by Crippen LogP contribution is -2.17. The lowest BCUT2D eigenvalue weighted by molar-refractivity contribution is -0.111. The Hall–Kier alpha value is -4.61. The molecule has 3 heterocycles. The van der Waals surface area contributed by atoms with Gasteiger partial charge in [-0.2, -0.15) is 0 Å². The minimum absolute atomic E-state index is 0.313. The van der Waals surface area contributed by atoms with Crippen LogP contribution in [-0.2, 0) is 11.8 Å². The summed E-state index contributed by atoms with van der Waals surface area (Å²) in [5.74, 6) is 1.44. The SMILES string of the molecule is C=CC(=O)Nc1cc(Nc2nc(-c3cn(C)c4ccc(OC)cc34)c3sccc3n2)c(OC)cc1NCCCN(C)C. The maximum Gasteiger partial charge on any atom is 0.247 e. The van der Waals surface area contributed by atoms with E-state index in [1.807, 2.05) is 62.9 Å². The van der Waals surface area contributed by atoms with Gasteiger partial charge in [-0.15, -0.1) is 11.3 Å². The van der Waals surface area contributed by atoms with Crippen LogP contribution in [0.1, 0.15) is 6.42 Å². The van der Waals surface area contributed by atoms with Crippen LogP contribution in [0.3, 0.4) is 0 Å². The van der Waals surface area contributed by atoms with Gasteiger partial charge in [-0.1, -0.05) is 6.58 Å². The number of benzene rings is 2. The normalized spacial score (nSPS) is 11.2. The monoisotopic (exact) mass is 585 g/mol. The van der Waals surface area contributed by atoms with Crippen molar-refractivity contribution in [2.45, 2.75) is 6.42 Å². The third-order valence-electron chi connectivity index (χ3n) is 6.88. The highest BCUT2D eigenvalue weighted by atomic mass is 32.1. The van der Waals surface area contributed by atoms with E-state index in [2.05, 4.69) is 38.2 Å². The molecule has 11 heteroatoms. The molecule has 0 radical (unpaired) electrons. The third kappa shape index (κ3) is 6.02. The first-order valence-electron chi connectivity index (χ1n) is 13.5. The van der Waals surface area contributed by atoms with E-state index in [9.17, 15) is 4.79 Å². The van der Waals surface area contributed by atoms with Gasteiger partial charge in [0, 0.05) is 42.3 Å². The second kappa shape index (κ2) is 12.5. The van der Waals surface area contributed by atoms with Crippen LogP contribution in [0.15, 0.2) is 60.6 Å². The van der Waals surface area contributed by atoms with Gasteiger partial charge in [-0.3, -0.25) is 4.79 Å². The molecule has 3 N–H and O–H groups in total. The summed E-state index contributed by atoms with van der Waals surface area (Å²) in [5, 5.41) is 12.7. The summed E-state index contributed by atoms with van der Waals surface area (Å²) in [4.78, 5) is 24.2. The van der Waals surface area contributed by atoms with Gasteiger partial charge in [0.15, 0.2) is 0 Å². The number of hydrogen-bond donors (Lipinski definition) is 3. The Balaban J connectivity index is 1.56. The average molecular weight is 586 g/mol. The fourth-order valence-electron chi connectivity index (χ4n) is 4.81. The van der Waals surface area contributed by atoms with Gasteiger partial charge in [-0.25, -0.2) is 9.97 Å². The molecule has 0 bridgehead atoms. The molecule has 0 saturated carbocycles. The fourth-order valence-corrected chi connectivity index (χ4v) is 5.64. The highest BCUT2D eigenvalue weighted by Crippen LogP contribution is 2.40. The number of aryl methyl sites for hydroxylation is 1. The Bertz CT molecular complexity index is 1760. The number of methoxy groups -OCH3 is 2. The summed E-state index contributed by atoms with van der Waals surface area (Å²) in [7, 11) is 9.37. The molecule has 218 valence electrons. The van der Waals surface area contributed by atoms with Crippen LogP contribution in [0.25, 0.3) is 32.4 Å². The van der Waals surface area contributed by atoms with E-state index in [-0.39, 0.29) is 5.91 Å². The molecule has 5 rings (SSSR count). The zero-order valence-electron chi connectivity index (χ0n) is 24.4. The summed E-state index contributed by atoms with van der Waals surface area (Å²) in [5.41, 5.74) is 5.63. The van der Waals surface area contributed by atoms with Crippen molar-refractivity contribution in [3.8, 4) is 22.8 Å². The van der Waals surface area contributed by atoms with Crippen LogP contribution in [-0.4, -0.2) is 66.7 Å². The number of nitrogens with zero attached hydrogens (tertiary/aromatic N) is 4. The summed E-state index contributed by atoms with van der Waals surface area (Å²) >= 11 is 1.60. The lowest BCUT2D eigenvalue weighted by Gasteiger charge is -2.18. The fraction of sp³-hybridized carbons (Fsp3) is 0.258. The van der Waals surface area contributed by atoms with Gasteiger partial charge in [0.05, 0.1) is 47.2 Å². The first kappa shape index (κ1) is 28.9. The van der Waals surface area contributed by atoms with E-state index >= 15 is 0 Å². The maximum atomic E-state index is 12.3. The van der Waals surface area contributed by atoms with Gasteiger partial charge < -0.3 is 34.9 Å². The van der Waals surface area contributed by atoms with Crippen LogP contribution >= 0.6 is 11.3 Å². The van der Waals surface area contributed by atoms with E-state index in [0.29, 0.717) is 23.1 Å². The predicted octanol–water partition coefficient (Wildman–Crippen LogP) is 6.10. The molecule has 2 aromatic carbocycles. The van der Waals surface area contributed by atoms with Crippen LogP contribution < -0.4 is 25.4 Å². The van der Waals surface area contributed by atoms with Crippen LogP contribution in [0.4, 0.5) is 23.0 Å². The Morgan fingerprint density at radius 2 is 1.93 bits per heavy atom. The van der Waals surface area contributed by atoms with Crippen molar-refractivity contribution in [2.75, 3.05) is 57.4 Å². The van der Waals surface area contributed by atoms with Crippen molar-refractivity contribution in [3.05, 3.63) is 60.6 Å². The Morgan fingerprint density at radius 3 is 2.67 bits per heavy atom. The number of anilines is 4. The first-order chi connectivity index (χ1) is 20.3. The molecule has 0 atom stereocenters. The number of rotatable bonds is 12. The number of thiophene rings is 1. The number of amides is 1. The summed E-state index contributed by atoms with van der Waals surface area (Å²) in [6.07, 6.45) is 4.25. The van der Waals surface area contributed by atoms with E-state index in [4.69, 9.17) is 19.4 Å². The molecular weight excluding hydrogens is 550 g/mol. The van der Waals surface area contributed by atoms with E-state index in [0.717, 1.165) is 63.3 Å². The topological polar surface area (TPSA) is 106 Å². The van der Waals surface area contributed by atoms with Gasteiger partial charge in [0.1, 0.15) is 11.5 Å². The van der Waals surface area contributed by atoms with E-state index < -0.39 is 0 Å². The molecule has 0 spiro atoms. The van der Waals surface area contributed by atoms with Crippen LogP contribution in [0.2, 0.25) is 0 Å². The largest absolute Gasteiger partial charge is 0.497 e. The molecule has 1 amide bonds. The van der Waals surface area contributed by atoms with Gasteiger partial charge in [0.25, 0.3) is 0 Å². The van der Waals surface area contributed by atoms with Crippen molar-refractivity contribution in [2.24, 2.45) is 7.05 Å². The number of nitrogens with one attached hydrogen (secondary N) is 3. The van der Waals surface area contributed by atoms with Crippen molar-refractivity contribution in [1.82, 2.24) is 19.4 Å². The molecule has 10 nitrogen and oxygen atoms in total. The molecular formula is C31H35N7O3S. The lowest BCUT2D eigenvalue weighted by atomic mass is 10.1. The molecule has 0 saturated heterocycles. The van der Waals surface area contributed by atoms with Crippen LogP contribution in [0, 0.1) is 0 Å². The molecule has 3 aromatic heterocycles. The van der Waals surface area contributed by atoms with Gasteiger partial charge in [-0.05, 0) is 68.8 Å². The Labute approximate surface area is 249 Å². The van der Waals surface area contributed by atoms with E-state index in [1.54, 1.807) is 25.6 Å². The van der Waals surface area contributed by atoms with Gasteiger partial charge >= 0.3 is 0 Å². The van der Waals surface area contributed by atoms with Crippen molar-refractivity contribution in [1.29, 1.82) is 0 Å². The van der Waals surface area contributed by atoms with Gasteiger partial charge in [0.2, 0.25) is 11.9 Å². The average Bonchev–Trinajstić information content (AvgIpc) is 3.59. The van der Waals surface area contributed by atoms with Crippen molar-refractivity contribution in [3.63, 3.8) is 0 Å². The minimum atomic E-state index is -0.313. The molecule has 42 heavy (non-hydrogen) atoms. The van der Waals surface area contributed by atoms with E-state index in [1.165, 1.54) is 6.08 Å². The first-order valence-corrected chi connectivity index (χ1v) is 14.4. The zero-order chi connectivity index (χ0) is 29.8. The number of hydrogen-bond acceptors (Lipinski definition) is 9. The van der Waals surface area contributed by atoms with Crippen molar-refractivity contribution < 1.29 is 14.3 Å². The number of aromatic nitrogens is 3. The molecule has 0 aliphatic carbocycles. The quantitative estimate of drug-likeness (QED) is 0.119. The number of ether oxygens (including phenoxy) is 2. The summed E-state index contributed by atoms with van der Waals surface area (Å²) in [6.45, 7) is 5.26. The number of carbonyl (C=O) groups is 1. The molecule has 0 fully saturated rings. The smallest absolute Gasteiger partial charge is 0.247 e. The standard InChI is InChI=1S/C31H35N7O3S/c1-7-28(39)33-24-16-25(27(41-6)17-23(24)32-12-8-13-37(2)3)35-31-34-22-11-14-42-30(22)29(36-31)21-18-38(4)26-10-9-19(40-5)15-20(21)26/h7,9-11,14-18,32H,1,8,12-13H2,2-6H3,(H,33,39)(H,34,35,36). The third-order valence-corrected chi connectivity index (χ3v) is 7.79. The number of carbonyl (C=O) groups excluding carboxylic acids is 1. The van der Waals surface area contributed by atoms with Crippen LogP contribution in [0.5, 0.6) is 11.5 Å². The second-order valence-electron chi connectivity index (χ2n) is 10.1. The molecule has 0 unspecified atom stereocenters. The highest BCUT2D eigenvalue weighted by molar-refractivity contribution is 7.17.